The smallest absolute Gasteiger partial charge is 0.235 e. The maximum atomic E-state index is 12.3. The van der Waals surface area contributed by atoms with E-state index in [0.717, 1.165) is 22.0 Å². The highest BCUT2D eigenvalue weighted by molar-refractivity contribution is 7.89. The first-order chi connectivity index (χ1) is 10.4. The van der Waals surface area contributed by atoms with Crippen LogP contribution >= 0.6 is 11.3 Å². The molecule has 0 aromatic carbocycles. The summed E-state index contributed by atoms with van der Waals surface area (Å²) < 4.78 is 24.6. The highest BCUT2D eigenvalue weighted by Gasteiger charge is 2.29. The summed E-state index contributed by atoms with van der Waals surface area (Å²) in [6.45, 7) is 1.46. The van der Waals surface area contributed by atoms with E-state index in [9.17, 15) is 13.2 Å². The van der Waals surface area contributed by atoms with Crippen molar-refractivity contribution in [1.82, 2.24) is 9.62 Å². The molecule has 1 aliphatic carbocycles. The lowest BCUT2D eigenvalue weighted by atomic mass is 9.96. The summed E-state index contributed by atoms with van der Waals surface area (Å²) in [5, 5.41) is 5.06. The molecule has 1 fully saturated rings. The van der Waals surface area contributed by atoms with Crippen molar-refractivity contribution >= 4 is 27.3 Å². The molecule has 0 saturated heterocycles. The van der Waals surface area contributed by atoms with Gasteiger partial charge in [0.15, 0.2) is 0 Å². The van der Waals surface area contributed by atoms with Crippen molar-refractivity contribution in [2.75, 3.05) is 19.3 Å². The minimum absolute atomic E-state index is 0.00716. The zero-order valence-corrected chi connectivity index (χ0v) is 14.8. The molecule has 0 radical (unpaired) electrons. The number of carbonyl (C=O) groups is 1. The monoisotopic (exact) mass is 344 g/mol. The van der Waals surface area contributed by atoms with Crippen LogP contribution in [0, 0.1) is 5.92 Å². The summed E-state index contributed by atoms with van der Waals surface area (Å²) in [5.74, 6) is 0.230. The van der Waals surface area contributed by atoms with Gasteiger partial charge in [-0.05, 0) is 37.1 Å². The standard InChI is InChI=1S/C15H24N2O3S2/c1-3-22(19,20)17(2)11-14(18)16-15(12-7-4-5-8-12)13-9-6-10-21-13/h6,9-10,12,15H,3-5,7-8,11H2,1-2H3,(H,16,18)/t15-/m1/s1. The molecule has 1 N–H and O–H groups in total. The topological polar surface area (TPSA) is 66.5 Å². The molecule has 1 amide bonds. The van der Waals surface area contributed by atoms with Crippen molar-refractivity contribution in [3.8, 4) is 0 Å². The molecule has 22 heavy (non-hydrogen) atoms. The van der Waals surface area contributed by atoms with Gasteiger partial charge < -0.3 is 5.32 Å². The molecule has 0 unspecified atom stereocenters. The minimum atomic E-state index is -3.33. The fourth-order valence-corrected chi connectivity index (χ4v) is 4.54. The Morgan fingerprint density at radius 2 is 2.14 bits per heavy atom. The first kappa shape index (κ1) is 17.4. The number of carbonyl (C=O) groups excluding carboxylic acids is 1. The van der Waals surface area contributed by atoms with Gasteiger partial charge in [-0.15, -0.1) is 11.3 Å². The first-order valence-corrected chi connectivity index (χ1v) is 10.2. The fraction of sp³-hybridized carbons (Fsp3) is 0.667. The van der Waals surface area contributed by atoms with Crippen molar-refractivity contribution in [3.05, 3.63) is 22.4 Å². The number of likely N-dealkylation sites (N-methyl/N-ethyl adjacent to an activating group) is 1. The zero-order valence-electron chi connectivity index (χ0n) is 13.1. The first-order valence-electron chi connectivity index (χ1n) is 7.71. The van der Waals surface area contributed by atoms with E-state index in [2.05, 4.69) is 5.32 Å². The van der Waals surface area contributed by atoms with Gasteiger partial charge in [0.2, 0.25) is 15.9 Å². The Labute approximate surface area is 136 Å². The predicted octanol–water partition coefficient (Wildman–Crippen LogP) is 2.38. The Kier molecular flexibility index (Phi) is 6.00. The summed E-state index contributed by atoms with van der Waals surface area (Å²) in [7, 11) is -1.87. The number of nitrogens with one attached hydrogen (secondary N) is 1. The SMILES string of the molecule is CCS(=O)(=O)N(C)CC(=O)N[C@@H](c1cccs1)C1CCCC1. The van der Waals surface area contributed by atoms with E-state index in [0.29, 0.717) is 5.92 Å². The fourth-order valence-electron chi connectivity index (χ4n) is 2.92. The summed E-state index contributed by atoms with van der Waals surface area (Å²) >= 11 is 1.64. The Morgan fingerprint density at radius 1 is 1.45 bits per heavy atom. The van der Waals surface area contributed by atoms with E-state index in [4.69, 9.17) is 0 Å². The lowest BCUT2D eigenvalue weighted by Crippen LogP contribution is -2.41. The van der Waals surface area contributed by atoms with Crippen LogP contribution in [0.4, 0.5) is 0 Å². The van der Waals surface area contributed by atoms with Crippen LogP contribution < -0.4 is 5.32 Å². The number of hydrogen-bond donors (Lipinski definition) is 1. The van der Waals surface area contributed by atoms with Gasteiger partial charge in [-0.1, -0.05) is 18.9 Å². The van der Waals surface area contributed by atoms with Crippen LogP contribution in [0.5, 0.6) is 0 Å². The Hall–Kier alpha value is -0.920. The average molecular weight is 345 g/mol. The molecule has 2 rings (SSSR count). The quantitative estimate of drug-likeness (QED) is 0.826. The van der Waals surface area contributed by atoms with E-state index in [1.807, 2.05) is 17.5 Å². The van der Waals surface area contributed by atoms with Crippen LogP contribution in [0.2, 0.25) is 0 Å². The van der Waals surface area contributed by atoms with Crippen LogP contribution in [-0.2, 0) is 14.8 Å². The van der Waals surface area contributed by atoms with Gasteiger partial charge in [0.1, 0.15) is 0 Å². The van der Waals surface area contributed by atoms with Gasteiger partial charge in [0.05, 0.1) is 18.3 Å². The molecule has 124 valence electrons. The van der Waals surface area contributed by atoms with Crippen molar-refractivity contribution in [3.63, 3.8) is 0 Å². The van der Waals surface area contributed by atoms with Crippen molar-refractivity contribution in [2.45, 2.75) is 38.6 Å². The number of sulfonamides is 1. The third-order valence-corrected chi connectivity index (χ3v) is 7.01. The molecule has 1 aromatic heterocycles. The molecule has 1 aromatic rings. The lowest BCUT2D eigenvalue weighted by molar-refractivity contribution is -0.122. The van der Waals surface area contributed by atoms with Gasteiger partial charge in [0, 0.05) is 11.9 Å². The molecule has 1 aliphatic rings. The summed E-state index contributed by atoms with van der Waals surface area (Å²) in [5.41, 5.74) is 0. The number of hydrogen-bond acceptors (Lipinski definition) is 4. The maximum absolute atomic E-state index is 12.3. The van der Waals surface area contributed by atoms with Crippen molar-refractivity contribution < 1.29 is 13.2 Å². The molecule has 1 heterocycles. The van der Waals surface area contributed by atoms with Gasteiger partial charge in [0.25, 0.3) is 0 Å². The molecular formula is C15H24N2O3S2. The zero-order chi connectivity index (χ0) is 16.2. The number of rotatable bonds is 7. The van der Waals surface area contributed by atoms with Crippen LogP contribution in [0.1, 0.15) is 43.5 Å². The van der Waals surface area contributed by atoms with Gasteiger partial charge in [-0.3, -0.25) is 4.79 Å². The van der Waals surface area contributed by atoms with E-state index in [1.54, 1.807) is 18.3 Å². The Balaban J connectivity index is 2.02. The number of nitrogens with zero attached hydrogens (tertiary/aromatic N) is 1. The van der Waals surface area contributed by atoms with E-state index in [-0.39, 0.29) is 24.2 Å². The average Bonchev–Trinajstić information content (AvgIpc) is 3.17. The largest absolute Gasteiger partial charge is 0.347 e. The van der Waals surface area contributed by atoms with E-state index >= 15 is 0 Å². The molecule has 7 heteroatoms. The van der Waals surface area contributed by atoms with E-state index < -0.39 is 10.0 Å². The minimum Gasteiger partial charge on any atom is -0.347 e. The second-order valence-corrected chi connectivity index (χ2v) is 9.11. The van der Waals surface area contributed by atoms with Crippen molar-refractivity contribution in [2.24, 2.45) is 5.92 Å². The van der Waals surface area contributed by atoms with Crippen molar-refractivity contribution in [1.29, 1.82) is 0 Å². The summed E-state index contributed by atoms with van der Waals surface area (Å²) in [6.07, 6.45) is 4.64. The van der Waals surface area contributed by atoms with Crippen LogP contribution in [0.25, 0.3) is 0 Å². The Morgan fingerprint density at radius 3 is 2.68 bits per heavy atom. The van der Waals surface area contributed by atoms with Gasteiger partial charge in [-0.25, -0.2) is 8.42 Å². The summed E-state index contributed by atoms with van der Waals surface area (Å²) in [4.78, 5) is 13.4. The van der Waals surface area contributed by atoms with E-state index in [1.165, 1.54) is 19.9 Å². The molecule has 1 atom stereocenters. The van der Waals surface area contributed by atoms with Crippen LogP contribution in [-0.4, -0.2) is 38.0 Å². The summed E-state index contributed by atoms with van der Waals surface area (Å²) in [6, 6.07) is 4.04. The molecule has 5 nitrogen and oxygen atoms in total. The molecular weight excluding hydrogens is 320 g/mol. The highest BCUT2D eigenvalue weighted by Crippen LogP contribution is 2.37. The second-order valence-electron chi connectivity index (χ2n) is 5.76. The molecule has 1 saturated carbocycles. The predicted molar refractivity (Wildman–Crippen MR) is 89.3 cm³/mol. The highest BCUT2D eigenvalue weighted by atomic mass is 32.2. The maximum Gasteiger partial charge on any atom is 0.235 e. The van der Waals surface area contributed by atoms with Crippen LogP contribution in [0.3, 0.4) is 0 Å². The number of amides is 1. The normalized spacial score (nSPS) is 17.8. The van der Waals surface area contributed by atoms with Gasteiger partial charge >= 0.3 is 0 Å². The molecule has 0 aliphatic heterocycles. The Bertz CT molecular complexity index is 578. The molecule has 0 bridgehead atoms. The lowest BCUT2D eigenvalue weighted by Gasteiger charge is -2.25. The van der Waals surface area contributed by atoms with Crippen LogP contribution in [0.15, 0.2) is 17.5 Å². The second kappa shape index (κ2) is 7.57. The number of thiophene rings is 1. The third kappa shape index (κ3) is 4.30. The van der Waals surface area contributed by atoms with Gasteiger partial charge in [-0.2, -0.15) is 4.31 Å². The third-order valence-electron chi connectivity index (χ3n) is 4.24. The molecule has 0 spiro atoms.